The highest BCUT2D eigenvalue weighted by atomic mass is 32.1. The van der Waals surface area contributed by atoms with Crippen molar-refractivity contribution in [3.63, 3.8) is 0 Å². The van der Waals surface area contributed by atoms with E-state index >= 15 is 0 Å². The smallest absolute Gasteiger partial charge is 0.157 e. The van der Waals surface area contributed by atoms with Crippen LogP contribution in [0.5, 0.6) is 0 Å². The van der Waals surface area contributed by atoms with Crippen molar-refractivity contribution >= 4 is 22.7 Å². The van der Waals surface area contributed by atoms with Crippen LogP contribution in [0.1, 0.15) is 34.7 Å². The molecule has 0 atom stereocenters. The van der Waals surface area contributed by atoms with Crippen molar-refractivity contribution in [3.8, 4) is 9.88 Å². The second-order valence-electron chi connectivity index (χ2n) is 4.97. The summed E-state index contributed by atoms with van der Waals surface area (Å²) in [4.78, 5) is 2.90. The molecule has 2 aromatic rings. The summed E-state index contributed by atoms with van der Waals surface area (Å²) in [6.07, 6.45) is 7.36. The minimum atomic E-state index is 1.03. The summed E-state index contributed by atoms with van der Waals surface area (Å²) in [6, 6.07) is 2.34. The van der Waals surface area contributed by atoms with Gasteiger partial charge in [-0.3, -0.25) is 0 Å². The standard InChI is InChI=1S/C14H19N3S2/c1-15-8-4-7-13-16-17-14(19-13)12-9-10-5-2-3-6-11(10)18-12/h9,15H,2-8H2,1H3. The highest BCUT2D eigenvalue weighted by Gasteiger charge is 2.16. The van der Waals surface area contributed by atoms with Gasteiger partial charge in [-0.05, 0) is 57.3 Å². The minimum absolute atomic E-state index is 1.03. The van der Waals surface area contributed by atoms with Crippen molar-refractivity contribution < 1.29 is 0 Å². The Bertz CT molecular complexity index is 521. The van der Waals surface area contributed by atoms with Gasteiger partial charge in [-0.15, -0.1) is 21.5 Å². The molecule has 0 aliphatic heterocycles. The molecule has 1 N–H and O–H groups in total. The number of rotatable bonds is 5. The Morgan fingerprint density at radius 1 is 1.21 bits per heavy atom. The molecule has 5 heteroatoms. The van der Waals surface area contributed by atoms with Crippen molar-refractivity contribution in [1.29, 1.82) is 0 Å². The van der Waals surface area contributed by atoms with Gasteiger partial charge in [0.1, 0.15) is 5.01 Å². The zero-order valence-corrected chi connectivity index (χ0v) is 12.9. The molecule has 2 aromatic heterocycles. The van der Waals surface area contributed by atoms with Gasteiger partial charge >= 0.3 is 0 Å². The van der Waals surface area contributed by atoms with Gasteiger partial charge in [-0.1, -0.05) is 11.3 Å². The summed E-state index contributed by atoms with van der Waals surface area (Å²) in [5, 5.41) is 14.1. The zero-order chi connectivity index (χ0) is 13.1. The number of aryl methyl sites for hydroxylation is 3. The molecule has 0 amide bonds. The Morgan fingerprint density at radius 3 is 2.95 bits per heavy atom. The number of thiophene rings is 1. The summed E-state index contributed by atoms with van der Waals surface area (Å²) in [6.45, 7) is 1.04. The maximum Gasteiger partial charge on any atom is 0.157 e. The van der Waals surface area contributed by atoms with Gasteiger partial charge in [0.25, 0.3) is 0 Å². The van der Waals surface area contributed by atoms with Gasteiger partial charge < -0.3 is 5.32 Å². The first-order valence-electron chi connectivity index (χ1n) is 6.96. The average Bonchev–Trinajstić information content (AvgIpc) is 3.04. The summed E-state index contributed by atoms with van der Waals surface area (Å²) < 4.78 is 0. The third-order valence-corrected chi connectivity index (χ3v) is 5.88. The molecule has 0 saturated heterocycles. The Labute approximate surface area is 122 Å². The van der Waals surface area contributed by atoms with Gasteiger partial charge in [0, 0.05) is 11.3 Å². The molecular weight excluding hydrogens is 274 g/mol. The zero-order valence-electron chi connectivity index (χ0n) is 11.2. The monoisotopic (exact) mass is 293 g/mol. The molecule has 0 fully saturated rings. The molecule has 19 heavy (non-hydrogen) atoms. The lowest BCUT2D eigenvalue weighted by Crippen LogP contribution is -2.08. The molecule has 102 valence electrons. The van der Waals surface area contributed by atoms with Gasteiger partial charge in [-0.25, -0.2) is 0 Å². The fraction of sp³-hybridized carbons (Fsp3) is 0.571. The lowest BCUT2D eigenvalue weighted by Gasteiger charge is -2.08. The fourth-order valence-corrected chi connectivity index (χ4v) is 4.64. The van der Waals surface area contributed by atoms with E-state index in [1.165, 1.54) is 30.6 Å². The van der Waals surface area contributed by atoms with Crippen LogP contribution in [0.3, 0.4) is 0 Å². The van der Waals surface area contributed by atoms with E-state index in [1.54, 1.807) is 21.8 Å². The molecule has 1 aliphatic rings. The third kappa shape index (κ3) is 3.04. The fourth-order valence-electron chi connectivity index (χ4n) is 2.47. The molecule has 3 rings (SSSR count). The molecule has 0 unspecified atom stereocenters. The average molecular weight is 293 g/mol. The van der Waals surface area contributed by atoms with Crippen LogP contribution in [0.4, 0.5) is 0 Å². The van der Waals surface area contributed by atoms with Crippen molar-refractivity contribution in [3.05, 3.63) is 21.5 Å². The largest absolute Gasteiger partial charge is 0.320 e. The first kappa shape index (κ1) is 13.2. The number of hydrogen-bond donors (Lipinski definition) is 1. The Kier molecular flexibility index (Phi) is 4.25. The third-order valence-electron chi connectivity index (χ3n) is 3.49. The van der Waals surface area contributed by atoms with Crippen LogP contribution in [0.15, 0.2) is 6.07 Å². The molecule has 0 radical (unpaired) electrons. The van der Waals surface area contributed by atoms with Crippen LogP contribution in [0.2, 0.25) is 0 Å². The van der Waals surface area contributed by atoms with Gasteiger partial charge in [0.05, 0.1) is 4.88 Å². The predicted octanol–water partition coefficient (Wildman–Crippen LogP) is 3.30. The Morgan fingerprint density at radius 2 is 2.11 bits per heavy atom. The van der Waals surface area contributed by atoms with Crippen molar-refractivity contribution in [1.82, 2.24) is 15.5 Å². The molecule has 2 heterocycles. The van der Waals surface area contributed by atoms with Crippen LogP contribution < -0.4 is 5.32 Å². The topological polar surface area (TPSA) is 37.8 Å². The number of hydrogen-bond acceptors (Lipinski definition) is 5. The lowest BCUT2D eigenvalue weighted by atomic mass is 9.99. The van der Waals surface area contributed by atoms with Crippen molar-refractivity contribution in [2.24, 2.45) is 0 Å². The molecule has 0 spiro atoms. The predicted molar refractivity (Wildman–Crippen MR) is 82.1 cm³/mol. The van der Waals surface area contributed by atoms with E-state index in [4.69, 9.17) is 0 Å². The second-order valence-corrected chi connectivity index (χ2v) is 7.17. The van der Waals surface area contributed by atoms with E-state index < -0.39 is 0 Å². The lowest BCUT2D eigenvalue weighted by molar-refractivity contribution is 0.697. The molecule has 3 nitrogen and oxygen atoms in total. The number of aromatic nitrogens is 2. The second kappa shape index (κ2) is 6.11. The van der Waals surface area contributed by atoms with E-state index in [1.807, 2.05) is 18.4 Å². The number of fused-ring (bicyclic) bond motifs is 1. The van der Waals surface area contributed by atoms with Crippen molar-refractivity contribution in [2.75, 3.05) is 13.6 Å². The van der Waals surface area contributed by atoms with E-state index in [2.05, 4.69) is 21.6 Å². The number of nitrogens with one attached hydrogen (secondary N) is 1. The van der Waals surface area contributed by atoms with Crippen LogP contribution in [0, 0.1) is 0 Å². The van der Waals surface area contributed by atoms with Gasteiger partial charge in [0.2, 0.25) is 0 Å². The van der Waals surface area contributed by atoms with Gasteiger partial charge in [-0.2, -0.15) is 0 Å². The Hall–Kier alpha value is -0.780. The highest BCUT2D eigenvalue weighted by molar-refractivity contribution is 7.21. The highest BCUT2D eigenvalue weighted by Crippen LogP contribution is 2.36. The normalized spacial score (nSPS) is 14.6. The van der Waals surface area contributed by atoms with E-state index in [9.17, 15) is 0 Å². The van der Waals surface area contributed by atoms with Crippen LogP contribution in [-0.4, -0.2) is 23.8 Å². The van der Waals surface area contributed by atoms with Crippen LogP contribution in [0.25, 0.3) is 9.88 Å². The van der Waals surface area contributed by atoms with E-state index in [0.717, 1.165) is 29.4 Å². The SMILES string of the molecule is CNCCCc1nnc(-c2cc3c(s2)CCCC3)s1. The molecule has 0 bridgehead atoms. The van der Waals surface area contributed by atoms with Crippen molar-refractivity contribution in [2.45, 2.75) is 38.5 Å². The minimum Gasteiger partial charge on any atom is -0.320 e. The van der Waals surface area contributed by atoms with E-state index in [-0.39, 0.29) is 0 Å². The first-order chi connectivity index (χ1) is 9.36. The Balaban J connectivity index is 1.73. The molecular formula is C14H19N3S2. The first-order valence-corrected chi connectivity index (χ1v) is 8.59. The van der Waals surface area contributed by atoms with Gasteiger partial charge in [0.15, 0.2) is 5.01 Å². The number of nitrogens with zero attached hydrogens (tertiary/aromatic N) is 2. The summed E-state index contributed by atoms with van der Waals surface area (Å²) in [5.41, 5.74) is 1.55. The molecule has 0 saturated carbocycles. The summed E-state index contributed by atoms with van der Waals surface area (Å²) in [7, 11) is 1.99. The summed E-state index contributed by atoms with van der Waals surface area (Å²) >= 11 is 3.69. The maximum absolute atomic E-state index is 4.37. The maximum atomic E-state index is 4.37. The summed E-state index contributed by atoms with van der Waals surface area (Å²) in [5.74, 6) is 0. The quantitative estimate of drug-likeness (QED) is 0.860. The van der Waals surface area contributed by atoms with E-state index in [0.29, 0.717) is 0 Å². The molecule has 0 aromatic carbocycles. The van der Waals surface area contributed by atoms with Crippen LogP contribution >= 0.6 is 22.7 Å². The van der Waals surface area contributed by atoms with Crippen LogP contribution in [-0.2, 0) is 19.3 Å². The molecule has 1 aliphatic carbocycles.